The summed E-state index contributed by atoms with van der Waals surface area (Å²) < 4.78 is 11.6. The molecule has 4 nitrogen and oxygen atoms in total. The molecule has 0 aliphatic heterocycles. The Bertz CT molecular complexity index is 1000. The maximum Gasteiger partial charge on any atom is 0.255 e. The Kier molecular flexibility index (Phi) is 6.78. The quantitative estimate of drug-likeness (QED) is 0.506. The van der Waals surface area contributed by atoms with Crippen molar-refractivity contribution in [3.05, 3.63) is 87.9 Å². The summed E-state index contributed by atoms with van der Waals surface area (Å²) in [5.41, 5.74) is 4.13. The molecule has 0 aromatic heterocycles. The summed E-state index contributed by atoms with van der Waals surface area (Å²) in [5, 5.41) is 3.49. The third-order valence-corrected chi connectivity index (χ3v) is 4.72. The zero-order chi connectivity index (χ0) is 20.8. The first-order chi connectivity index (χ1) is 14.0. The van der Waals surface area contributed by atoms with Crippen molar-refractivity contribution in [1.29, 1.82) is 0 Å². The number of amides is 1. The number of anilines is 1. The molecule has 1 N–H and O–H groups in total. The van der Waals surface area contributed by atoms with E-state index in [4.69, 9.17) is 21.1 Å². The van der Waals surface area contributed by atoms with Gasteiger partial charge in [0.15, 0.2) is 0 Å². The third-order valence-electron chi connectivity index (χ3n) is 4.49. The minimum atomic E-state index is -0.213. The van der Waals surface area contributed by atoms with E-state index in [2.05, 4.69) is 5.32 Å². The number of hydrogen-bond acceptors (Lipinski definition) is 3. The summed E-state index contributed by atoms with van der Waals surface area (Å²) in [6, 6.07) is 18.6. The van der Waals surface area contributed by atoms with Gasteiger partial charge in [-0.25, -0.2) is 0 Å². The lowest BCUT2D eigenvalue weighted by Gasteiger charge is -2.14. The average molecular weight is 410 g/mol. The van der Waals surface area contributed by atoms with Gasteiger partial charge in [0.25, 0.3) is 5.91 Å². The van der Waals surface area contributed by atoms with Crippen molar-refractivity contribution < 1.29 is 14.3 Å². The number of carbonyl (C=O) groups excluding carboxylic acids is 1. The van der Waals surface area contributed by atoms with E-state index in [9.17, 15) is 4.79 Å². The van der Waals surface area contributed by atoms with Gasteiger partial charge in [0, 0.05) is 21.8 Å². The third kappa shape index (κ3) is 5.52. The van der Waals surface area contributed by atoms with Crippen molar-refractivity contribution in [3.8, 4) is 11.5 Å². The molecule has 3 aromatic rings. The van der Waals surface area contributed by atoms with Gasteiger partial charge in [-0.2, -0.15) is 0 Å². The van der Waals surface area contributed by atoms with Crippen LogP contribution in [-0.2, 0) is 6.61 Å². The van der Waals surface area contributed by atoms with E-state index < -0.39 is 0 Å². The number of halogens is 1. The van der Waals surface area contributed by atoms with E-state index in [1.54, 1.807) is 30.3 Å². The molecular weight excluding hydrogens is 386 g/mol. The first-order valence-electron chi connectivity index (χ1n) is 9.49. The predicted molar refractivity (Wildman–Crippen MR) is 117 cm³/mol. The van der Waals surface area contributed by atoms with Crippen LogP contribution in [0.4, 0.5) is 5.69 Å². The molecule has 3 aromatic carbocycles. The number of rotatable bonds is 7. The second-order valence-electron chi connectivity index (χ2n) is 6.77. The molecule has 0 saturated carbocycles. The topological polar surface area (TPSA) is 47.6 Å². The summed E-state index contributed by atoms with van der Waals surface area (Å²) >= 11 is 6.05. The Hall–Kier alpha value is -2.98. The summed E-state index contributed by atoms with van der Waals surface area (Å²) in [6.07, 6.45) is 0. The molecule has 5 heteroatoms. The minimum Gasteiger partial charge on any atom is -0.493 e. The van der Waals surface area contributed by atoms with Crippen molar-refractivity contribution in [2.75, 3.05) is 11.9 Å². The summed E-state index contributed by atoms with van der Waals surface area (Å²) in [4.78, 5) is 12.8. The molecule has 29 heavy (non-hydrogen) atoms. The zero-order valence-corrected chi connectivity index (χ0v) is 17.5. The Morgan fingerprint density at radius 2 is 1.72 bits per heavy atom. The maximum absolute atomic E-state index is 12.8. The van der Waals surface area contributed by atoms with E-state index in [1.807, 2.05) is 51.1 Å². The number of nitrogens with one attached hydrogen (secondary N) is 1. The van der Waals surface area contributed by atoms with Crippen LogP contribution in [0.3, 0.4) is 0 Å². The highest BCUT2D eigenvalue weighted by Crippen LogP contribution is 2.25. The molecule has 3 rings (SSSR count). The molecule has 0 unspecified atom stereocenters. The highest BCUT2D eigenvalue weighted by molar-refractivity contribution is 6.31. The molecule has 0 aliphatic carbocycles. The SMILES string of the molecule is CCOc1ccc(C(=O)Nc2cc(Cl)ccc2C)cc1COc1ccc(C)cc1. The maximum atomic E-state index is 12.8. The smallest absolute Gasteiger partial charge is 0.255 e. The molecule has 0 fully saturated rings. The van der Waals surface area contributed by atoms with Crippen LogP contribution in [0.1, 0.15) is 34.0 Å². The average Bonchev–Trinajstić information content (AvgIpc) is 2.71. The molecule has 0 aliphatic rings. The number of aryl methyl sites for hydroxylation is 2. The zero-order valence-electron chi connectivity index (χ0n) is 16.8. The molecule has 0 bridgehead atoms. The fourth-order valence-corrected chi connectivity index (χ4v) is 3.02. The summed E-state index contributed by atoms with van der Waals surface area (Å²) in [7, 11) is 0. The van der Waals surface area contributed by atoms with E-state index in [0.29, 0.717) is 35.2 Å². The van der Waals surface area contributed by atoms with Gasteiger partial charge in [-0.1, -0.05) is 35.4 Å². The predicted octanol–water partition coefficient (Wildman–Crippen LogP) is 6.19. The van der Waals surface area contributed by atoms with Crippen molar-refractivity contribution in [1.82, 2.24) is 0 Å². The van der Waals surface area contributed by atoms with Gasteiger partial charge in [-0.15, -0.1) is 0 Å². The van der Waals surface area contributed by atoms with Gasteiger partial charge in [0.05, 0.1) is 6.61 Å². The minimum absolute atomic E-state index is 0.213. The van der Waals surface area contributed by atoms with Crippen molar-refractivity contribution in [2.45, 2.75) is 27.4 Å². The van der Waals surface area contributed by atoms with Crippen LogP contribution in [0.15, 0.2) is 60.7 Å². The van der Waals surface area contributed by atoms with Crippen LogP contribution in [0, 0.1) is 13.8 Å². The Morgan fingerprint density at radius 3 is 2.45 bits per heavy atom. The van der Waals surface area contributed by atoms with Gasteiger partial charge in [0.1, 0.15) is 18.1 Å². The van der Waals surface area contributed by atoms with Gasteiger partial charge < -0.3 is 14.8 Å². The second kappa shape index (κ2) is 9.48. The highest BCUT2D eigenvalue weighted by Gasteiger charge is 2.13. The molecule has 0 atom stereocenters. The molecule has 0 heterocycles. The molecule has 0 spiro atoms. The highest BCUT2D eigenvalue weighted by atomic mass is 35.5. The first kappa shape index (κ1) is 20.7. The number of hydrogen-bond donors (Lipinski definition) is 1. The van der Waals surface area contributed by atoms with Crippen LogP contribution in [0.5, 0.6) is 11.5 Å². The van der Waals surface area contributed by atoms with Crippen LogP contribution in [-0.4, -0.2) is 12.5 Å². The van der Waals surface area contributed by atoms with Gasteiger partial charge in [-0.05, 0) is 68.8 Å². The first-order valence-corrected chi connectivity index (χ1v) is 9.86. The lowest BCUT2D eigenvalue weighted by molar-refractivity contribution is 0.102. The lowest BCUT2D eigenvalue weighted by Crippen LogP contribution is -2.14. The van der Waals surface area contributed by atoms with Gasteiger partial charge in [-0.3, -0.25) is 4.79 Å². The molecule has 150 valence electrons. The van der Waals surface area contributed by atoms with E-state index in [0.717, 1.165) is 16.9 Å². The largest absolute Gasteiger partial charge is 0.493 e. The second-order valence-corrected chi connectivity index (χ2v) is 7.21. The Labute approximate surface area is 176 Å². The van der Waals surface area contributed by atoms with E-state index in [-0.39, 0.29) is 5.91 Å². The molecular formula is C24H24ClNO3. The van der Waals surface area contributed by atoms with E-state index in [1.165, 1.54) is 5.56 Å². The number of carbonyl (C=O) groups is 1. The van der Waals surface area contributed by atoms with E-state index >= 15 is 0 Å². The standard InChI is InChI=1S/C24H24ClNO3/c1-4-28-23-12-8-18(24(27)26-22-14-20(25)9-7-17(22)3)13-19(23)15-29-21-10-5-16(2)6-11-21/h5-14H,4,15H2,1-3H3,(H,26,27). The van der Waals surface area contributed by atoms with Crippen LogP contribution in [0.2, 0.25) is 5.02 Å². The molecule has 0 radical (unpaired) electrons. The van der Waals surface area contributed by atoms with Crippen LogP contribution in [0.25, 0.3) is 0 Å². The van der Waals surface area contributed by atoms with Gasteiger partial charge in [0.2, 0.25) is 0 Å². The monoisotopic (exact) mass is 409 g/mol. The summed E-state index contributed by atoms with van der Waals surface area (Å²) in [6.45, 7) is 6.71. The van der Waals surface area contributed by atoms with Gasteiger partial charge >= 0.3 is 0 Å². The van der Waals surface area contributed by atoms with Crippen molar-refractivity contribution >= 4 is 23.2 Å². The lowest BCUT2D eigenvalue weighted by atomic mass is 10.1. The summed E-state index contributed by atoms with van der Waals surface area (Å²) in [5.74, 6) is 1.26. The Morgan fingerprint density at radius 1 is 0.966 bits per heavy atom. The fourth-order valence-electron chi connectivity index (χ4n) is 2.85. The fraction of sp³-hybridized carbons (Fsp3) is 0.208. The molecule has 1 amide bonds. The van der Waals surface area contributed by atoms with Crippen molar-refractivity contribution in [3.63, 3.8) is 0 Å². The van der Waals surface area contributed by atoms with Crippen LogP contribution >= 0.6 is 11.6 Å². The Balaban J connectivity index is 1.80. The number of benzene rings is 3. The normalized spacial score (nSPS) is 10.5. The van der Waals surface area contributed by atoms with Crippen molar-refractivity contribution in [2.24, 2.45) is 0 Å². The van der Waals surface area contributed by atoms with Crippen LogP contribution < -0.4 is 14.8 Å². The molecule has 0 saturated heterocycles. The number of ether oxygens (including phenoxy) is 2.